The Labute approximate surface area is 223 Å². The van der Waals surface area contributed by atoms with Crippen LogP contribution in [0.1, 0.15) is 91.9 Å². The summed E-state index contributed by atoms with van der Waals surface area (Å²) >= 11 is 0. The molecule has 0 aliphatic heterocycles. The molecule has 0 unspecified atom stereocenters. The number of ether oxygens (including phenoxy) is 1. The second-order valence-corrected chi connectivity index (χ2v) is 13.0. The number of rotatable bonds is 8. The van der Waals surface area contributed by atoms with Crippen molar-refractivity contribution in [1.82, 2.24) is 0 Å². The Morgan fingerprint density at radius 3 is 2.62 bits per heavy atom. The zero-order valence-corrected chi connectivity index (χ0v) is 23.3. The van der Waals surface area contributed by atoms with Gasteiger partial charge in [0.1, 0.15) is 0 Å². The van der Waals surface area contributed by atoms with Crippen molar-refractivity contribution >= 4 is 5.97 Å². The van der Waals surface area contributed by atoms with Crippen molar-refractivity contribution < 1.29 is 24.9 Å². The molecule has 0 spiro atoms. The van der Waals surface area contributed by atoms with Crippen LogP contribution in [0.25, 0.3) is 0 Å². The molecule has 5 nitrogen and oxygen atoms in total. The number of carbonyl (C=O) groups excluding carboxylic acids is 1. The molecule has 4 aliphatic carbocycles. The maximum Gasteiger partial charge on any atom is 0.314 e. The molecule has 0 saturated heterocycles. The topological polar surface area (TPSA) is 87.0 Å². The number of fused-ring (bicyclic) bond motifs is 1. The van der Waals surface area contributed by atoms with E-state index in [2.05, 4.69) is 31.7 Å². The standard InChI is InChI=1S/C32H48O5/c1-6-18-37-29(36)30(3,4)28(35)13-15-32(16-17-32)27-12-11-25-22(8-7-14-31(25,27)5)9-10-23-19-24(33)20-26(34)21(23)2/h9-10,13,15,24-28,33-35H,2,6-8,11-12,14,16-20H2,1,3-5H3/b15-13+,22-9+,23-10-/t24-,25+,26+,27+,28-,31+/m1/s1. The molecule has 0 bridgehead atoms. The number of esters is 1. The molecule has 4 aliphatic rings. The summed E-state index contributed by atoms with van der Waals surface area (Å²) in [4.78, 5) is 12.5. The Bertz CT molecular complexity index is 968. The van der Waals surface area contributed by atoms with Crippen LogP contribution in [-0.4, -0.2) is 46.2 Å². The maximum atomic E-state index is 12.5. The number of hydrogen-bond donors (Lipinski definition) is 3. The Morgan fingerprint density at radius 1 is 1.22 bits per heavy atom. The van der Waals surface area contributed by atoms with Crippen molar-refractivity contribution in [2.75, 3.05) is 6.61 Å². The number of hydrogen-bond acceptors (Lipinski definition) is 5. The number of aliphatic hydroxyl groups is 3. The first-order valence-electron chi connectivity index (χ1n) is 14.4. The summed E-state index contributed by atoms with van der Waals surface area (Å²) < 4.78 is 5.33. The Morgan fingerprint density at radius 2 is 1.95 bits per heavy atom. The average molecular weight is 513 g/mol. The first-order valence-corrected chi connectivity index (χ1v) is 14.4. The Hall–Kier alpha value is -1.69. The smallest absolute Gasteiger partial charge is 0.314 e. The largest absolute Gasteiger partial charge is 0.465 e. The molecule has 4 rings (SSSR count). The zero-order chi connectivity index (χ0) is 27.0. The molecule has 0 heterocycles. The lowest BCUT2D eigenvalue weighted by molar-refractivity contribution is -0.158. The summed E-state index contributed by atoms with van der Waals surface area (Å²) in [6, 6.07) is 0. The normalized spacial score (nSPS) is 36.7. The molecule has 0 aromatic rings. The van der Waals surface area contributed by atoms with Gasteiger partial charge in [0.05, 0.1) is 30.3 Å². The van der Waals surface area contributed by atoms with Gasteiger partial charge in [-0.3, -0.25) is 4.79 Å². The molecule has 206 valence electrons. The first-order chi connectivity index (χ1) is 17.4. The highest BCUT2D eigenvalue weighted by atomic mass is 16.5. The number of carbonyl (C=O) groups is 1. The van der Waals surface area contributed by atoms with Crippen LogP contribution >= 0.6 is 0 Å². The third kappa shape index (κ3) is 5.55. The minimum absolute atomic E-state index is 0.112. The van der Waals surface area contributed by atoms with E-state index in [4.69, 9.17) is 4.74 Å². The molecule has 0 aromatic carbocycles. The molecule has 0 amide bonds. The molecular weight excluding hydrogens is 464 g/mol. The van der Waals surface area contributed by atoms with Crippen LogP contribution in [0.2, 0.25) is 0 Å². The fourth-order valence-corrected chi connectivity index (χ4v) is 7.45. The van der Waals surface area contributed by atoms with Crippen LogP contribution in [0.15, 0.2) is 47.6 Å². The highest BCUT2D eigenvalue weighted by Gasteiger charge is 2.60. The van der Waals surface area contributed by atoms with Gasteiger partial charge in [-0.2, -0.15) is 0 Å². The van der Waals surface area contributed by atoms with E-state index in [-0.39, 0.29) is 16.8 Å². The van der Waals surface area contributed by atoms with E-state index in [1.807, 2.05) is 13.0 Å². The predicted octanol–water partition coefficient (Wildman–Crippen LogP) is 5.80. The highest BCUT2D eigenvalue weighted by molar-refractivity contribution is 5.77. The van der Waals surface area contributed by atoms with Crippen molar-refractivity contribution in [3.63, 3.8) is 0 Å². The fraction of sp³-hybridized carbons (Fsp3) is 0.719. The molecule has 37 heavy (non-hydrogen) atoms. The van der Waals surface area contributed by atoms with E-state index < -0.39 is 23.7 Å². The lowest BCUT2D eigenvalue weighted by Gasteiger charge is -2.45. The summed E-state index contributed by atoms with van der Waals surface area (Å²) in [6.07, 6.45) is 16.3. The lowest BCUT2D eigenvalue weighted by Crippen LogP contribution is -2.38. The quantitative estimate of drug-likeness (QED) is 0.282. The molecular formula is C32H48O5. The molecule has 0 aromatic heterocycles. The SMILES string of the molecule is C=C1/C(=C\C=C2/CCC[C@]3(C)[C@@H](C4(/C=C/[C@@H](O)C(C)(C)C(=O)OCCC)CC4)CC[C@@H]23)C[C@@H](O)C[C@@H]1O. The monoisotopic (exact) mass is 512 g/mol. The van der Waals surface area contributed by atoms with E-state index in [1.54, 1.807) is 13.8 Å². The minimum Gasteiger partial charge on any atom is -0.465 e. The van der Waals surface area contributed by atoms with Crippen LogP contribution in [0.5, 0.6) is 0 Å². The number of aliphatic hydroxyl groups excluding tert-OH is 3. The van der Waals surface area contributed by atoms with E-state index in [0.717, 1.165) is 36.8 Å². The summed E-state index contributed by atoms with van der Waals surface area (Å²) in [5.41, 5.74) is 2.56. The average Bonchev–Trinajstić information content (AvgIpc) is 3.55. The molecule has 4 fully saturated rings. The number of allylic oxidation sites excluding steroid dienone is 4. The predicted molar refractivity (Wildman–Crippen MR) is 147 cm³/mol. The van der Waals surface area contributed by atoms with Crippen LogP contribution < -0.4 is 0 Å². The molecule has 5 heteroatoms. The van der Waals surface area contributed by atoms with Gasteiger partial charge in [-0.05, 0) is 105 Å². The van der Waals surface area contributed by atoms with Gasteiger partial charge in [-0.25, -0.2) is 0 Å². The zero-order valence-electron chi connectivity index (χ0n) is 23.3. The van der Waals surface area contributed by atoms with E-state index >= 15 is 0 Å². The van der Waals surface area contributed by atoms with Gasteiger partial charge in [0, 0.05) is 6.42 Å². The van der Waals surface area contributed by atoms with Gasteiger partial charge >= 0.3 is 5.97 Å². The molecule has 6 atom stereocenters. The summed E-state index contributed by atoms with van der Waals surface area (Å²) in [5.74, 6) is 0.750. The van der Waals surface area contributed by atoms with E-state index in [0.29, 0.717) is 31.3 Å². The first kappa shape index (κ1) is 28.3. The van der Waals surface area contributed by atoms with Crippen molar-refractivity contribution in [2.45, 2.75) is 110 Å². The molecule has 3 N–H and O–H groups in total. The maximum absolute atomic E-state index is 12.5. The Balaban J connectivity index is 1.49. The fourth-order valence-electron chi connectivity index (χ4n) is 7.45. The summed E-state index contributed by atoms with van der Waals surface area (Å²) in [6.45, 7) is 12.4. The van der Waals surface area contributed by atoms with Gasteiger partial charge in [0.25, 0.3) is 0 Å². The van der Waals surface area contributed by atoms with E-state index in [9.17, 15) is 20.1 Å². The van der Waals surface area contributed by atoms with Gasteiger partial charge in [0.15, 0.2) is 0 Å². The molecule has 0 radical (unpaired) electrons. The summed E-state index contributed by atoms with van der Waals surface area (Å²) in [5, 5.41) is 31.3. The van der Waals surface area contributed by atoms with Crippen LogP contribution in [0.3, 0.4) is 0 Å². The Kier molecular flexibility index (Phi) is 8.28. The van der Waals surface area contributed by atoms with Gasteiger partial charge in [0.2, 0.25) is 0 Å². The van der Waals surface area contributed by atoms with Crippen LogP contribution in [0.4, 0.5) is 0 Å². The van der Waals surface area contributed by atoms with Gasteiger partial charge < -0.3 is 20.1 Å². The second-order valence-electron chi connectivity index (χ2n) is 13.0. The second kappa shape index (κ2) is 10.8. The third-order valence-electron chi connectivity index (χ3n) is 10.1. The molecule has 4 saturated carbocycles. The van der Waals surface area contributed by atoms with Crippen LogP contribution in [-0.2, 0) is 9.53 Å². The van der Waals surface area contributed by atoms with Gasteiger partial charge in [-0.15, -0.1) is 0 Å². The van der Waals surface area contributed by atoms with Crippen molar-refractivity contribution in [3.05, 3.63) is 47.6 Å². The van der Waals surface area contributed by atoms with Crippen molar-refractivity contribution in [2.24, 2.45) is 28.1 Å². The van der Waals surface area contributed by atoms with Crippen LogP contribution in [0, 0.1) is 28.1 Å². The minimum atomic E-state index is -0.970. The van der Waals surface area contributed by atoms with Crippen molar-refractivity contribution in [1.29, 1.82) is 0 Å². The van der Waals surface area contributed by atoms with Gasteiger partial charge in [-0.1, -0.05) is 50.3 Å². The highest BCUT2D eigenvalue weighted by Crippen LogP contribution is 2.69. The lowest BCUT2D eigenvalue weighted by atomic mass is 9.60. The van der Waals surface area contributed by atoms with E-state index in [1.165, 1.54) is 31.3 Å². The summed E-state index contributed by atoms with van der Waals surface area (Å²) in [7, 11) is 0. The third-order valence-corrected chi connectivity index (χ3v) is 10.1. The van der Waals surface area contributed by atoms with Crippen molar-refractivity contribution in [3.8, 4) is 0 Å².